The van der Waals surface area contributed by atoms with E-state index >= 15 is 0 Å². The van der Waals surface area contributed by atoms with Crippen LogP contribution in [0.2, 0.25) is 0 Å². The van der Waals surface area contributed by atoms with Crippen LogP contribution >= 0.6 is 0 Å². The van der Waals surface area contributed by atoms with E-state index in [0.717, 1.165) is 5.56 Å². The van der Waals surface area contributed by atoms with Gasteiger partial charge in [-0.2, -0.15) is 0 Å². The van der Waals surface area contributed by atoms with Crippen molar-refractivity contribution in [3.63, 3.8) is 0 Å². The third-order valence-electron chi connectivity index (χ3n) is 3.79. The van der Waals surface area contributed by atoms with Gasteiger partial charge in [0.1, 0.15) is 0 Å². The van der Waals surface area contributed by atoms with Crippen molar-refractivity contribution >= 4 is 17.6 Å². The van der Waals surface area contributed by atoms with Crippen molar-refractivity contribution in [2.24, 2.45) is 0 Å². The molecule has 2 aromatic rings. The van der Waals surface area contributed by atoms with Gasteiger partial charge in [0.15, 0.2) is 11.5 Å². The monoisotopic (exact) mass is 357 g/mol. The second-order valence-corrected chi connectivity index (χ2v) is 5.50. The Hall–Kier alpha value is -3.02. The summed E-state index contributed by atoms with van der Waals surface area (Å²) in [5, 5.41) is 2.78. The highest BCUT2D eigenvalue weighted by Gasteiger charge is 2.14. The number of carbonyl (C=O) groups excluding carboxylic acids is 2. The minimum atomic E-state index is -0.455. The Morgan fingerprint density at radius 2 is 1.73 bits per heavy atom. The highest BCUT2D eigenvalue weighted by atomic mass is 16.5. The highest BCUT2D eigenvalue weighted by molar-refractivity contribution is 6.01. The number of esters is 1. The summed E-state index contributed by atoms with van der Waals surface area (Å²) >= 11 is 0. The van der Waals surface area contributed by atoms with Crippen molar-refractivity contribution in [1.29, 1.82) is 0 Å². The molecule has 0 aliphatic heterocycles. The van der Waals surface area contributed by atoms with Crippen molar-refractivity contribution in [2.45, 2.75) is 19.8 Å². The zero-order chi connectivity index (χ0) is 18.9. The number of aryl methyl sites for hydroxylation is 1. The predicted octanol–water partition coefficient (Wildman–Crippen LogP) is 3.45. The van der Waals surface area contributed by atoms with Crippen LogP contribution in [-0.4, -0.2) is 32.7 Å². The zero-order valence-electron chi connectivity index (χ0n) is 15.2. The second-order valence-electron chi connectivity index (χ2n) is 5.50. The third-order valence-corrected chi connectivity index (χ3v) is 3.79. The van der Waals surface area contributed by atoms with E-state index in [4.69, 9.17) is 14.2 Å². The third kappa shape index (κ3) is 4.99. The van der Waals surface area contributed by atoms with E-state index in [0.29, 0.717) is 29.2 Å². The molecule has 0 aromatic heterocycles. The summed E-state index contributed by atoms with van der Waals surface area (Å²) < 4.78 is 15.5. The molecule has 0 aliphatic carbocycles. The Morgan fingerprint density at radius 1 is 1.00 bits per heavy atom. The SMILES string of the molecule is CCOC(=O)c1ccccc1NC(=O)CCc1ccc(OC)c(OC)c1. The fraction of sp³-hybridized carbons (Fsp3) is 0.300. The normalized spacial score (nSPS) is 10.1. The van der Waals surface area contributed by atoms with Crippen molar-refractivity contribution in [3.8, 4) is 11.5 Å². The lowest BCUT2D eigenvalue weighted by molar-refractivity contribution is -0.116. The molecule has 0 bridgehead atoms. The molecule has 0 atom stereocenters. The van der Waals surface area contributed by atoms with E-state index in [1.54, 1.807) is 45.4 Å². The fourth-order valence-corrected chi connectivity index (χ4v) is 2.49. The molecule has 26 heavy (non-hydrogen) atoms. The first-order valence-electron chi connectivity index (χ1n) is 8.36. The molecule has 0 aliphatic rings. The van der Waals surface area contributed by atoms with E-state index in [-0.39, 0.29) is 18.9 Å². The lowest BCUT2D eigenvalue weighted by Gasteiger charge is -2.11. The van der Waals surface area contributed by atoms with Gasteiger partial charge >= 0.3 is 5.97 Å². The van der Waals surface area contributed by atoms with Gasteiger partial charge in [0, 0.05) is 6.42 Å². The van der Waals surface area contributed by atoms with Crippen LogP contribution in [0.4, 0.5) is 5.69 Å². The van der Waals surface area contributed by atoms with Crippen LogP contribution < -0.4 is 14.8 Å². The maximum absolute atomic E-state index is 12.3. The number of ether oxygens (including phenoxy) is 3. The molecular weight excluding hydrogens is 334 g/mol. The van der Waals surface area contributed by atoms with Crippen molar-refractivity contribution in [1.82, 2.24) is 0 Å². The van der Waals surface area contributed by atoms with E-state index < -0.39 is 5.97 Å². The van der Waals surface area contributed by atoms with E-state index in [2.05, 4.69) is 5.32 Å². The molecule has 0 fully saturated rings. The number of hydrogen-bond donors (Lipinski definition) is 1. The Labute approximate surface area is 153 Å². The van der Waals surface area contributed by atoms with Gasteiger partial charge in [0.25, 0.3) is 0 Å². The molecule has 6 nitrogen and oxygen atoms in total. The maximum Gasteiger partial charge on any atom is 0.340 e. The molecule has 138 valence electrons. The summed E-state index contributed by atoms with van der Waals surface area (Å²) in [5.74, 6) is 0.627. The number of nitrogens with one attached hydrogen (secondary N) is 1. The van der Waals surface area contributed by atoms with Gasteiger partial charge in [-0.05, 0) is 43.2 Å². The first kappa shape index (κ1) is 19.3. The van der Waals surface area contributed by atoms with E-state index in [9.17, 15) is 9.59 Å². The fourth-order valence-electron chi connectivity index (χ4n) is 2.49. The standard InChI is InChI=1S/C20H23NO5/c1-4-26-20(23)15-7-5-6-8-16(15)21-19(22)12-10-14-9-11-17(24-2)18(13-14)25-3/h5-9,11,13H,4,10,12H2,1-3H3,(H,21,22). The molecule has 0 saturated heterocycles. The van der Waals surface area contributed by atoms with Gasteiger partial charge in [0.2, 0.25) is 5.91 Å². The molecule has 2 aromatic carbocycles. The average Bonchev–Trinajstić information content (AvgIpc) is 2.66. The van der Waals surface area contributed by atoms with Crippen molar-refractivity contribution in [2.75, 3.05) is 26.1 Å². The lowest BCUT2D eigenvalue weighted by atomic mass is 10.1. The summed E-state index contributed by atoms with van der Waals surface area (Å²) in [5.41, 5.74) is 1.74. The second kappa shape index (κ2) is 9.46. The number of hydrogen-bond acceptors (Lipinski definition) is 5. The van der Waals surface area contributed by atoms with Gasteiger partial charge in [-0.15, -0.1) is 0 Å². The number of carbonyl (C=O) groups is 2. The van der Waals surface area contributed by atoms with Gasteiger partial charge < -0.3 is 19.5 Å². The van der Waals surface area contributed by atoms with E-state index in [1.165, 1.54) is 0 Å². The molecule has 6 heteroatoms. The molecule has 2 rings (SSSR count). The molecule has 0 unspecified atom stereocenters. The van der Waals surface area contributed by atoms with Crippen LogP contribution in [0, 0.1) is 0 Å². The van der Waals surface area contributed by atoms with Crippen LogP contribution in [0.5, 0.6) is 11.5 Å². The minimum Gasteiger partial charge on any atom is -0.493 e. The smallest absolute Gasteiger partial charge is 0.340 e. The number of amides is 1. The molecule has 1 N–H and O–H groups in total. The van der Waals surface area contributed by atoms with Gasteiger partial charge in [-0.1, -0.05) is 18.2 Å². The number of anilines is 1. The quantitative estimate of drug-likeness (QED) is 0.733. The summed E-state index contributed by atoms with van der Waals surface area (Å²) in [6.45, 7) is 2.02. The Balaban J connectivity index is 2.01. The summed E-state index contributed by atoms with van der Waals surface area (Å²) in [6, 6.07) is 12.3. The Morgan fingerprint density at radius 3 is 2.42 bits per heavy atom. The van der Waals surface area contributed by atoms with Crippen LogP contribution in [0.1, 0.15) is 29.3 Å². The van der Waals surface area contributed by atoms with Gasteiger partial charge in [-0.25, -0.2) is 4.79 Å². The highest BCUT2D eigenvalue weighted by Crippen LogP contribution is 2.28. The number of methoxy groups -OCH3 is 2. The number of rotatable bonds is 8. The number of benzene rings is 2. The zero-order valence-corrected chi connectivity index (χ0v) is 15.2. The van der Waals surface area contributed by atoms with Crippen LogP contribution in [-0.2, 0) is 16.0 Å². The predicted molar refractivity (Wildman–Crippen MR) is 98.9 cm³/mol. The topological polar surface area (TPSA) is 73.9 Å². The molecular formula is C20H23NO5. The summed E-state index contributed by atoms with van der Waals surface area (Å²) in [6.07, 6.45) is 0.806. The maximum atomic E-state index is 12.3. The van der Waals surface area contributed by atoms with Crippen molar-refractivity contribution < 1.29 is 23.8 Å². The summed E-state index contributed by atoms with van der Waals surface area (Å²) in [4.78, 5) is 24.2. The first-order valence-corrected chi connectivity index (χ1v) is 8.36. The molecule has 1 amide bonds. The van der Waals surface area contributed by atoms with Crippen molar-refractivity contribution in [3.05, 3.63) is 53.6 Å². The number of para-hydroxylation sites is 1. The lowest BCUT2D eigenvalue weighted by Crippen LogP contribution is -2.16. The molecule has 0 spiro atoms. The molecule has 0 heterocycles. The van der Waals surface area contributed by atoms with Crippen LogP contribution in [0.25, 0.3) is 0 Å². The van der Waals surface area contributed by atoms with Crippen LogP contribution in [0.3, 0.4) is 0 Å². The average molecular weight is 357 g/mol. The van der Waals surface area contributed by atoms with Gasteiger partial charge in [0.05, 0.1) is 32.1 Å². The molecule has 0 radical (unpaired) electrons. The van der Waals surface area contributed by atoms with Gasteiger partial charge in [-0.3, -0.25) is 4.79 Å². The Kier molecular flexibility index (Phi) is 7.02. The largest absolute Gasteiger partial charge is 0.493 e. The van der Waals surface area contributed by atoms with Crippen LogP contribution in [0.15, 0.2) is 42.5 Å². The van der Waals surface area contributed by atoms with E-state index in [1.807, 2.05) is 18.2 Å². The summed E-state index contributed by atoms with van der Waals surface area (Å²) in [7, 11) is 3.15. The molecule has 0 saturated carbocycles. The Bertz CT molecular complexity index is 773. The first-order chi connectivity index (χ1) is 12.6. The minimum absolute atomic E-state index is 0.184.